The van der Waals surface area contributed by atoms with Gasteiger partial charge in [0.1, 0.15) is 29.0 Å². The summed E-state index contributed by atoms with van der Waals surface area (Å²) in [6.07, 6.45) is -1.60. The molecule has 1 saturated heterocycles. The van der Waals surface area contributed by atoms with Crippen molar-refractivity contribution in [3.8, 4) is 11.3 Å². The van der Waals surface area contributed by atoms with Crippen LogP contribution in [0.5, 0.6) is 0 Å². The van der Waals surface area contributed by atoms with Gasteiger partial charge in [0, 0.05) is 38.0 Å². The molecule has 1 unspecified atom stereocenters. The molecule has 200 valence electrons. The topological polar surface area (TPSA) is 91.0 Å². The number of aromatic nitrogens is 6. The van der Waals surface area contributed by atoms with Crippen LogP contribution < -0.4 is 10.5 Å². The highest BCUT2D eigenvalue weighted by Crippen LogP contribution is 2.36. The van der Waals surface area contributed by atoms with Crippen LogP contribution in [0, 0.1) is 12.7 Å². The summed E-state index contributed by atoms with van der Waals surface area (Å²) >= 11 is 0. The first-order chi connectivity index (χ1) is 17.7. The summed E-state index contributed by atoms with van der Waals surface area (Å²) in [5, 5.41) is 4.21. The SMILES string of the molecule is Cc1nc2c(-c3ccc(C(F)(F)F)cc3F)nc(N3CC(c4cnn(C)c4)OC(C)(C)C3)nc2c(=O)n1C. The maximum atomic E-state index is 15.1. The van der Waals surface area contributed by atoms with E-state index in [9.17, 15) is 18.0 Å². The van der Waals surface area contributed by atoms with Crippen molar-refractivity contribution >= 4 is 17.0 Å². The molecule has 4 aromatic rings. The molecule has 9 nitrogen and oxygen atoms in total. The van der Waals surface area contributed by atoms with Crippen LogP contribution in [-0.2, 0) is 25.0 Å². The average molecular weight is 532 g/mol. The van der Waals surface area contributed by atoms with Crippen molar-refractivity contribution in [2.75, 3.05) is 18.0 Å². The van der Waals surface area contributed by atoms with Gasteiger partial charge < -0.3 is 9.64 Å². The van der Waals surface area contributed by atoms with E-state index in [2.05, 4.69) is 20.1 Å². The third-order valence-electron chi connectivity index (χ3n) is 6.49. The van der Waals surface area contributed by atoms with Gasteiger partial charge in [-0.15, -0.1) is 0 Å². The maximum Gasteiger partial charge on any atom is 0.416 e. The first-order valence-electron chi connectivity index (χ1n) is 11.8. The van der Waals surface area contributed by atoms with E-state index in [1.807, 2.05) is 24.9 Å². The smallest absolute Gasteiger partial charge is 0.364 e. The highest BCUT2D eigenvalue weighted by atomic mass is 19.4. The average Bonchev–Trinajstić information content (AvgIpc) is 3.27. The van der Waals surface area contributed by atoms with Gasteiger partial charge in [0.2, 0.25) is 5.95 Å². The van der Waals surface area contributed by atoms with Gasteiger partial charge in [0.15, 0.2) is 5.52 Å². The number of anilines is 1. The fourth-order valence-corrected chi connectivity index (χ4v) is 4.57. The minimum absolute atomic E-state index is 0.00402. The van der Waals surface area contributed by atoms with E-state index in [4.69, 9.17) is 4.74 Å². The molecule has 0 radical (unpaired) electrons. The molecule has 0 amide bonds. The van der Waals surface area contributed by atoms with E-state index in [0.29, 0.717) is 25.0 Å². The van der Waals surface area contributed by atoms with Gasteiger partial charge in [-0.1, -0.05) is 0 Å². The lowest BCUT2D eigenvalue weighted by molar-refractivity contribution is -0.137. The summed E-state index contributed by atoms with van der Waals surface area (Å²) in [5.74, 6) is -0.710. The van der Waals surface area contributed by atoms with Crippen molar-refractivity contribution in [1.82, 2.24) is 29.3 Å². The first kappa shape index (κ1) is 25.8. The number of benzene rings is 1. The van der Waals surface area contributed by atoms with Crippen molar-refractivity contribution in [3.63, 3.8) is 0 Å². The lowest BCUT2D eigenvalue weighted by Crippen LogP contribution is -2.50. The zero-order valence-corrected chi connectivity index (χ0v) is 21.3. The van der Waals surface area contributed by atoms with Gasteiger partial charge in [-0.3, -0.25) is 14.0 Å². The van der Waals surface area contributed by atoms with E-state index in [1.54, 1.807) is 24.9 Å². The van der Waals surface area contributed by atoms with E-state index < -0.39 is 34.8 Å². The highest BCUT2D eigenvalue weighted by Gasteiger charge is 2.37. The van der Waals surface area contributed by atoms with Crippen LogP contribution in [0.1, 0.15) is 36.9 Å². The molecule has 0 bridgehead atoms. The number of hydrogen-bond acceptors (Lipinski definition) is 7. The second kappa shape index (κ2) is 8.86. The predicted octanol–water partition coefficient (Wildman–Crippen LogP) is 3.95. The summed E-state index contributed by atoms with van der Waals surface area (Å²) in [4.78, 5) is 28.5. The van der Waals surface area contributed by atoms with Gasteiger partial charge in [0.05, 0.1) is 23.9 Å². The van der Waals surface area contributed by atoms with E-state index in [1.165, 1.54) is 11.6 Å². The molecule has 1 aromatic carbocycles. The number of morpholine rings is 1. The molecule has 0 spiro atoms. The van der Waals surface area contributed by atoms with Gasteiger partial charge in [-0.25, -0.2) is 19.3 Å². The summed E-state index contributed by atoms with van der Waals surface area (Å²) in [6, 6.07) is 2.18. The van der Waals surface area contributed by atoms with Crippen molar-refractivity contribution in [2.24, 2.45) is 14.1 Å². The summed E-state index contributed by atoms with van der Waals surface area (Å²) < 4.78 is 63.9. The molecular weight excluding hydrogens is 506 g/mol. The lowest BCUT2D eigenvalue weighted by atomic mass is 10.0. The molecule has 38 heavy (non-hydrogen) atoms. The minimum Gasteiger partial charge on any atom is -0.364 e. The third kappa shape index (κ3) is 4.62. The van der Waals surface area contributed by atoms with Crippen molar-refractivity contribution in [3.05, 3.63) is 63.7 Å². The van der Waals surface area contributed by atoms with Crippen LogP contribution in [0.4, 0.5) is 23.5 Å². The Morgan fingerprint density at radius 3 is 2.47 bits per heavy atom. The molecule has 4 heterocycles. The Morgan fingerprint density at radius 1 is 1.11 bits per heavy atom. The molecule has 1 fully saturated rings. The number of rotatable bonds is 3. The summed E-state index contributed by atoms with van der Waals surface area (Å²) in [7, 11) is 3.32. The largest absolute Gasteiger partial charge is 0.416 e. The van der Waals surface area contributed by atoms with E-state index in [0.717, 1.165) is 17.7 Å². The van der Waals surface area contributed by atoms with Crippen LogP contribution in [0.25, 0.3) is 22.3 Å². The minimum atomic E-state index is -4.72. The quantitative estimate of drug-likeness (QED) is 0.370. The molecule has 13 heteroatoms. The molecule has 3 aromatic heterocycles. The maximum absolute atomic E-state index is 15.1. The Morgan fingerprint density at radius 2 is 1.84 bits per heavy atom. The molecule has 0 aliphatic carbocycles. The molecule has 1 aliphatic heterocycles. The third-order valence-corrected chi connectivity index (χ3v) is 6.49. The molecule has 0 saturated carbocycles. The normalized spacial score (nSPS) is 17.8. The Hall–Kier alpha value is -3.87. The Labute approximate surface area is 214 Å². The first-order valence-corrected chi connectivity index (χ1v) is 11.8. The monoisotopic (exact) mass is 531 g/mol. The zero-order valence-electron chi connectivity index (χ0n) is 21.3. The fraction of sp³-hybridized carbons (Fsp3) is 0.400. The number of alkyl halides is 3. The van der Waals surface area contributed by atoms with Crippen molar-refractivity contribution in [2.45, 2.75) is 38.7 Å². The second-order valence-electron chi connectivity index (χ2n) is 9.98. The molecular formula is C25H25F4N7O2. The summed E-state index contributed by atoms with van der Waals surface area (Å²) in [5.41, 5.74) is -1.81. The summed E-state index contributed by atoms with van der Waals surface area (Å²) in [6.45, 7) is 6.01. The Kier molecular flexibility index (Phi) is 6.01. The highest BCUT2D eigenvalue weighted by molar-refractivity contribution is 5.89. The number of ether oxygens (including phenoxy) is 1. The number of hydrogen-bond donors (Lipinski definition) is 0. The van der Waals surface area contributed by atoms with Gasteiger partial charge >= 0.3 is 6.18 Å². The number of nitrogens with zero attached hydrogens (tertiary/aromatic N) is 7. The van der Waals surface area contributed by atoms with Crippen molar-refractivity contribution < 1.29 is 22.3 Å². The van der Waals surface area contributed by atoms with Gasteiger partial charge in [-0.2, -0.15) is 18.3 Å². The molecule has 1 aliphatic rings. The number of halogens is 4. The number of aryl methyl sites for hydroxylation is 2. The lowest BCUT2D eigenvalue weighted by Gasteiger charge is -2.42. The van der Waals surface area contributed by atoms with Crippen LogP contribution in [0.15, 0.2) is 35.4 Å². The second-order valence-corrected chi connectivity index (χ2v) is 9.98. The predicted molar refractivity (Wildman–Crippen MR) is 131 cm³/mol. The Balaban J connectivity index is 1.70. The standard InChI is InChI=1S/C25H25F4N7O2/c1-13-31-20-19(16-7-6-15(8-17(16)26)25(27,28)29)32-23(33-21(20)22(37)35(13)5)36-11-18(38-24(2,3)12-36)14-9-30-34(4)10-14/h6-10,18H,11-12H2,1-5H3. The van der Waals surface area contributed by atoms with Crippen LogP contribution in [0.2, 0.25) is 0 Å². The van der Waals surface area contributed by atoms with Gasteiger partial charge in [-0.05, 0) is 39.0 Å². The van der Waals surface area contributed by atoms with E-state index >= 15 is 4.39 Å². The molecule has 0 N–H and O–H groups in total. The molecule has 5 rings (SSSR count). The van der Waals surface area contributed by atoms with Crippen LogP contribution in [-0.4, -0.2) is 48.0 Å². The van der Waals surface area contributed by atoms with Crippen LogP contribution in [0.3, 0.4) is 0 Å². The fourth-order valence-electron chi connectivity index (χ4n) is 4.57. The molecule has 1 atom stereocenters. The number of fused-ring (bicyclic) bond motifs is 1. The Bertz CT molecular complexity index is 1610. The zero-order chi connectivity index (χ0) is 27.6. The van der Waals surface area contributed by atoms with Crippen LogP contribution >= 0.6 is 0 Å². The van der Waals surface area contributed by atoms with Crippen molar-refractivity contribution in [1.29, 1.82) is 0 Å². The van der Waals surface area contributed by atoms with Gasteiger partial charge in [0.25, 0.3) is 5.56 Å². The van der Waals surface area contributed by atoms with E-state index in [-0.39, 0.29) is 28.2 Å².